The Morgan fingerprint density at radius 3 is 2.63 bits per heavy atom. The number of amides is 1. The first-order valence-corrected chi connectivity index (χ1v) is 7.32. The largest absolute Gasteiger partial charge is 0.341 e. The van der Waals surface area contributed by atoms with Crippen molar-refractivity contribution in [2.45, 2.75) is 39.2 Å². The molecular weight excluding hydrogens is 262 g/mol. The Hall–Kier alpha value is -0.320. The lowest BCUT2D eigenvalue weighted by atomic mass is 10.0. The second-order valence-corrected chi connectivity index (χ2v) is 6.23. The third-order valence-electron chi connectivity index (χ3n) is 4.42. The van der Waals surface area contributed by atoms with Crippen LogP contribution in [0.4, 0.5) is 0 Å². The lowest BCUT2D eigenvalue weighted by molar-refractivity contribution is -0.133. The van der Waals surface area contributed by atoms with Crippen molar-refractivity contribution in [1.29, 1.82) is 0 Å². The predicted octanol–water partition coefficient (Wildman–Crippen LogP) is 1.34. The maximum atomic E-state index is 12.2. The van der Waals surface area contributed by atoms with Gasteiger partial charge in [-0.05, 0) is 44.6 Å². The van der Waals surface area contributed by atoms with Crippen molar-refractivity contribution in [1.82, 2.24) is 9.80 Å². The number of carbonyl (C=O) groups is 1. The van der Waals surface area contributed by atoms with E-state index in [0.717, 1.165) is 39.0 Å². The Kier molecular flexibility index (Phi) is 6.57. The molecule has 0 radical (unpaired) electrons. The zero-order valence-corrected chi connectivity index (χ0v) is 13.0. The second-order valence-electron chi connectivity index (χ2n) is 6.23. The van der Waals surface area contributed by atoms with Crippen LogP contribution in [0.25, 0.3) is 0 Å². The summed E-state index contributed by atoms with van der Waals surface area (Å²) in [7, 11) is 0. The molecule has 0 aromatic rings. The maximum Gasteiger partial charge on any atom is 0.236 e. The molecule has 1 amide bonds. The first-order chi connectivity index (χ1) is 8.56. The molecular formula is C14H28ClN3O. The quantitative estimate of drug-likeness (QED) is 0.853. The second kappa shape index (κ2) is 7.46. The summed E-state index contributed by atoms with van der Waals surface area (Å²) >= 11 is 0. The third kappa shape index (κ3) is 4.62. The van der Waals surface area contributed by atoms with Crippen LogP contribution in [-0.2, 0) is 4.79 Å². The predicted molar refractivity (Wildman–Crippen MR) is 80.4 cm³/mol. The van der Waals surface area contributed by atoms with Gasteiger partial charge in [-0.2, -0.15) is 0 Å². The van der Waals surface area contributed by atoms with Crippen LogP contribution in [0.5, 0.6) is 0 Å². The molecule has 3 unspecified atom stereocenters. The van der Waals surface area contributed by atoms with Crippen LogP contribution < -0.4 is 5.73 Å². The third-order valence-corrected chi connectivity index (χ3v) is 4.42. The fraction of sp³-hybridized carbons (Fsp3) is 0.929. The molecule has 0 aliphatic carbocycles. The highest BCUT2D eigenvalue weighted by atomic mass is 35.5. The van der Waals surface area contributed by atoms with Gasteiger partial charge in [-0.3, -0.25) is 9.69 Å². The van der Waals surface area contributed by atoms with Crippen molar-refractivity contribution in [3.05, 3.63) is 0 Å². The Labute approximate surface area is 123 Å². The number of nitrogens with zero attached hydrogens (tertiary/aromatic N) is 2. The van der Waals surface area contributed by atoms with Crippen molar-refractivity contribution in [2.24, 2.45) is 17.6 Å². The van der Waals surface area contributed by atoms with Gasteiger partial charge in [0.25, 0.3) is 0 Å². The Morgan fingerprint density at radius 1 is 1.32 bits per heavy atom. The van der Waals surface area contributed by atoms with Crippen LogP contribution in [0.1, 0.15) is 33.1 Å². The van der Waals surface area contributed by atoms with E-state index < -0.39 is 0 Å². The molecule has 0 saturated carbocycles. The van der Waals surface area contributed by atoms with E-state index in [-0.39, 0.29) is 18.4 Å². The molecule has 0 aromatic carbocycles. The maximum absolute atomic E-state index is 12.2. The van der Waals surface area contributed by atoms with E-state index in [1.807, 2.05) is 4.90 Å². The van der Waals surface area contributed by atoms with Gasteiger partial charge in [-0.25, -0.2) is 0 Å². The summed E-state index contributed by atoms with van der Waals surface area (Å²) in [6, 6.07) is 0.250. The van der Waals surface area contributed by atoms with Crippen LogP contribution in [-0.4, -0.2) is 54.5 Å². The molecule has 2 fully saturated rings. The summed E-state index contributed by atoms with van der Waals surface area (Å²) in [4.78, 5) is 16.6. The van der Waals surface area contributed by atoms with Gasteiger partial charge in [-0.15, -0.1) is 12.4 Å². The molecule has 2 rings (SSSR count). The van der Waals surface area contributed by atoms with E-state index in [2.05, 4.69) is 18.7 Å². The normalized spacial score (nSPS) is 29.9. The average molecular weight is 290 g/mol. The minimum atomic E-state index is 0. The molecule has 5 heteroatoms. The zero-order chi connectivity index (χ0) is 13.1. The van der Waals surface area contributed by atoms with Crippen LogP contribution in [0, 0.1) is 11.8 Å². The van der Waals surface area contributed by atoms with Gasteiger partial charge >= 0.3 is 0 Å². The molecule has 2 aliphatic rings. The average Bonchev–Trinajstić information content (AvgIpc) is 2.77. The molecule has 4 nitrogen and oxygen atoms in total. The topological polar surface area (TPSA) is 49.6 Å². The van der Waals surface area contributed by atoms with E-state index in [9.17, 15) is 4.79 Å². The molecule has 0 spiro atoms. The van der Waals surface area contributed by atoms with Crippen LogP contribution in [0.15, 0.2) is 0 Å². The van der Waals surface area contributed by atoms with Crippen molar-refractivity contribution < 1.29 is 4.79 Å². The van der Waals surface area contributed by atoms with E-state index in [1.54, 1.807) is 0 Å². The fourth-order valence-corrected chi connectivity index (χ4v) is 3.14. The van der Waals surface area contributed by atoms with Gasteiger partial charge in [0.1, 0.15) is 0 Å². The van der Waals surface area contributed by atoms with Gasteiger partial charge in [0.2, 0.25) is 5.91 Å². The molecule has 0 aromatic heterocycles. The number of carbonyl (C=O) groups excluding carboxylic acids is 1. The highest BCUT2D eigenvalue weighted by Gasteiger charge is 2.28. The number of nitrogens with two attached hydrogens (primary N) is 1. The lowest BCUT2D eigenvalue weighted by Gasteiger charge is -2.32. The molecule has 3 atom stereocenters. The minimum Gasteiger partial charge on any atom is -0.341 e. The van der Waals surface area contributed by atoms with Crippen LogP contribution in [0.2, 0.25) is 0 Å². The fourth-order valence-electron chi connectivity index (χ4n) is 3.14. The van der Waals surface area contributed by atoms with Crippen molar-refractivity contribution in [2.75, 3.05) is 32.7 Å². The van der Waals surface area contributed by atoms with E-state index in [0.29, 0.717) is 24.3 Å². The standard InChI is InChI=1S/C14H27N3O.ClH/c1-11-4-3-6-17(8-11)14(18)10-16-7-5-13(9-16)12(2)15;/h11-13H,3-10,15H2,1-2H3;1H. The number of likely N-dealkylation sites (tertiary alicyclic amines) is 2. The molecule has 19 heavy (non-hydrogen) atoms. The van der Waals surface area contributed by atoms with Gasteiger partial charge < -0.3 is 10.6 Å². The highest BCUT2D eigenvalue weighted by molar-refractivity contribution is 5.85. The van der Waals surface area contributed by atoms with Crippen molar-refractivity contribution in [3.8, 4) is 0 Å². The van der Waals surface area contributed by atoms with E-state index in [4.69, 9.17) is 5.73 Å². The molecule has 0 bridgehead atoms. The molecule has 2 N–H and O–H groups in total. The summed E-state index contributed by atoms with van der Waals surface area (Å²) in [5.74, 6) is 1.54. The first kappa shape index (κ1) is 16.7. The monoisotopic (exact) mass is 289 g/mol. The Balaban J connectivity index is 0.00000180. The number of piperidine rings is 1. The Morgan fingerprint density at radius 2 is 2.05 bits per heavy atom. The summed E-state index contributed by atoms with van der Waals surface area (Å²) in [6.07, 6.45) is 3.57. The van der Waals surface area contributed by atoms with Crippen molar-refractivity contribution >= 4 is 18.3 Å². The molecule has 2 saturated heterocycles. The van der Waals surface area contributed by atoms with Gasteiger partial charge in [0, 0.05) is 25.7 Å². The molecule has 112 valence electrons. The number of hydrogen-bond donors (Lipinski definition) is 1. The minimum absolute atomic E-state index is 0. The Bertz CT molecular complexity index is 298. The summed E-state index contributed by atoms with van der Waals surface area (Å²) in [5.41, 5.74) is 5.93. The van der Waals surface area contributed by atoms with E-state index in [1.165, 1.54) is 6.42 Å². The first-order valence-electron chi connectivity index (χ1n) is 7.32. The summed E-state index contributed by atoms with van der Waals surface area (Å²) in [6.45, 7) is 8.82. The van der Waals surface area contributed by atoms with Crippen LogP contribution >= 0.6 is 12.4 Å². The number of hydrogen-bond acceptors (Lipinski definition) is 3. The SMILES string of the molecule is CC1CCCN(C(=O)CN2CCC(C(C)N)C2)C1.Cl. The zero-order valence-electron chi connectivity index (χ0n) is 12.2. The summed E-state index contributed by atoms with van der Waals surface area (Å²) < 4.78 is 0. The van der Waals surface area contributed by atoms with Gasteiger partial charge in [0.05, 0.1) is 6.54 Å². The van der Waals surface area contributed by atoms with E-state index >= 15 is 0 Å². The lowest BCUT2D eigenvalue weighted by Crippen LogP contribution is -2.44. The molecule has 2 heterocycles. The van der Waals surface area contributed by atoms with Crippen LogP contribution in [0.3, 0.4) is 0 Å². The molecule has 2 aliphatic heterocycles. The number of halogens is 1. The van der Waals surface area contributed by atoms with Crippen molar-refractivity contribution in [3.63, 3.8) is 0 Å². The van der Waals surface area contributed by atoms with Gasteiger partial charge in [-0.1, -0.05) is 6.92 Å². The number of rotatable bonds is 3. The highest BCUT2D eigenvalue weighted by Crippen LogP contribution is 2.20. The van der Waals surface area contributed by atoms with Gasteiger partial charge in [0.15, 0.2) is 0 Å². The smallest absolute Gasteiger partial charge is 0.236 e. The summed E-state index contributed by atoms with van der Waals surface area (Å²) in [5, 5.41) is 0.